The van der Waals surface area contributed by atoms with Crippen LogP contribution in [0, 0.1) is 5.92 Å². The van der Waals surface area contributed by atoms with Gasteiger partial charge in [0.25, 0.3) is 0 Å². The summed E-state index contributed by atoms with van der Waals surface area (Å²) in [6, 6.07) is 9.36. The summed E-state index contributed by atoms with van der Waals surface area (Å²) in [6.07, 6.45) is 13.6. The van der Waals surface area contributed by atoms with E-state index in [2.05, 4.69) is 96.3 Å². The summed E-state index contributed by atoms with van der Waals surface area (Å²) >= 11 is 0. The molecule has 3 aliphatic rings. The van der Waals surface area contributed by atoms with Crippen molar-refractivity contribution >= 4 is 0 Å². The summed E-state index contributed by atoms with van der Waals surface area (Å²) in [5.74, 6) is 1.20. The second-order valence-electron chi connectivity index (χ2n) is 10.2. The highest BCUT2D eigenvalue weighted by Gasteiger charge is 2.40. The van der Waals surface area contributed by atoms with Crippen LogP contribution in [0.25, 0.3) is 0 Å². The lowest BCUT2D eigenvalue weighted by Gasteiger charge is -2.34. The molecular weight excluding hydrogens is 384 g/mol. The molecule has 32 heavy (non-hydrogen) atoms. The molecule has 1 fully saturated rings. The second kappa shape index (κ2) is 9.10. The summed E-state index contributed by atoms with van der Waals surface area (Å²) in [5, 5.41) is 0. The Kier molecular flexibility index (Phi) is 6.42. The van der Waals surface area contributed by atoms with Gasteiger partial charge in [0.1, 0.15) is 0 Å². The number of rotatable bonds is 6. The highest BCUT2D eigenvalue weighted by molar-refractivity contribution is 5.61. The number of hydrogen-bond acceptors (Lipinski definition) is 0. The first-order valence-electron chi connectivity index (χ1n) is 12.3. The Bertz CT molecular complexity index is 1090. The van der Waals surface area contributed by atoms with Crippen LogP contribution in [0.2, 0.25) is 0 Å². The van der Waals surface area contributed by atoms with Gasteiger partial charge in [0.2, 0.25) is 0 Å². The van der Waals surface area contributed by atoms with E-state index in [1.165, 1.54) is 55.7 Å². The maximum atomic E-state index is 4.66. The van der Waals surface area contributed by atoms with Gasteiger partial charge >= 0.3 is 0 Å². The van der Waals surface area contributed by atoms with Crippen LogP contribution in [0.1, 0.15) is 83.3 Å². The van der Waals surface area contributed by atoms with E-state index in [1.807, 2.05) is 0 Å². The number of hydrogen-bond donors (Lipinski definition) is 0. The van der Waals surface area contributed by atoms with Crippen LogP contribution in [-0.2, 0) is 0 Å². The lowest BCUT2D eigenvalue weighted by molar-refractivity contribution is 0.619. The second-order valence-corrected chi connectivity index (χ2v) is 10.2. The van der Waals surface area contributed by atoms with Gasteiger partial charge in [-0.15, -0.1) is 0 Å². The Balaban J connectivity index is 1.76. The zero-order valence-electron chi connectivity index (χ0n) is 20.6. The largest absolute Gasteiger partial charge is 0.0955 e. The topological polar surface area (TPSA) is 0 Å². The zero-order valence-corrected chi connectivity index (χ0v) is 20.6. The molecule has 0 spiro atoms. The van der Waals surface area contributed by atoms with Crippen LogP contribution < -0.4 is 0 Å². The van der Waals surface area contributed by atoms with Crippen LogP contribution in [0.4, 0.5) is 0 Å². The third kappa shape index (κ3) is 4.20. The van der Waals surface area contributed by atoms with E-state index >= 15 is 0 Å². The van der Waals surface area contributed by atoms with Crippen molar-refractivity contribution in [3.05, 3.63) is 117 Å². The van der Waals surface area contributed by atoms with Crippen molar-refractivity contribution in [2.24, 2.45) is 5.92 Å². The van der Waals surface area contributed by atoms with Crippen LogP contribution in [0.3, 0.4) is 0 Å². The Hall–Kier alpha value is -2.60. The van der Waals surface area contributed by atoms with Gasteiger partial charge in [0, 0.05) is 11.8 Å². The third-order valence-electron chi connectivity index (χ3n) is 7.37. The van der Waals surface area contributed by atoms with Crippen molar-refractivity contribution < 1.29 is 0 Å². The molecule has 0 aromatic heterocycles. The van der Waals surface area contributed by atoms with Gasteiger partial charge in [-0.2, -0.15) is 0 Å². The number of allylic oxidation sites excluding steroid dienone is 12. The summed E-state index contributed by atoms with van der Waals surface area (Å²) in [7, 11) is 0. The SMILES string of the molecule is C=C(CCC)C1=C(C)C=C2C/C(=C/C3=CC=C(C)C3)C(=C)C2C1c1ccc(C(C)C)cc1. The number of fused-ring (bicyclic) bond motifs is 1. The van der Waals surface area contributed by atoms with Crippen molar-refractivity contribution in [3.63, 3.8) is 0 Å². The standard InChI is InChI=1S/C32H38/c1-8-9-22(5)30-23(6)17-29-19-28(18-25-11-10-21(4)16-25)24(7)31(29)32(30)27-14-12-26(13-15-27)20(2)3/h10-15,17-18,20,31-32H,5,7-9,16,19H2,1-4,6H3/b28-18-. The van der Waals surface area contributed by atoms with Crippen LogP contribution >= 0.6 is 0 Å². The fourth-order valence-corrected chi connectivity index (χ4v) is 5.73. The maximum absolute atomic E-state index is 4.66. The molecule has 0 radical (unpaired) electrons. The minimum Gasteiger partial charge on any atom is -0.0955 e. The van der Waals surface area contributed by atoms with E-state index in [4.69, 9.17) is 0 Å². The Morgan fingerprint density at radius 2 is 1.78 bits per heavy atom. The molecule has 1 aromatic carbocycles. The predicted octanol–water partition coefficient (Wildman–Crippen LogP) is 9.29. The Morgan fingerprint density at radius 3 is 2.38 bits per heavy atom. The molecule has 0 aliphatic heterocycles. The van der Waals surface area contributed by atoms with Crippen molar-refractivity contribution in [2.75, 3.05) is 0 Å². The van der Waals surface area contributed by atoms with Gasteiger partial charge in [-0.25, -0.2) is 0 Å². The molecule has 0 amide bonds. The summed E-state index contributed by atoms with van der Waals surface area (Å²) < 4.78 is 0. The molecule has 2 atom stereocenters. The highest BCUT2D eigenvalue weighted by Crippen LogP contribution is 2.55. The van der Waals surface area contributed by atoms with Gasteiger partial charge in [-0.1, -0.05) is 106 Å². The molecule has 0 N–H and O–H groups in total. The first kappa shape index (κ1) is 22.6. The molecule has 1 saturated carbocycles. The van der Waals surface area contributed by atoms with Gasteiger partial charge < -0.3 is 0 Å². The van der Waals surface area contributed by atoms with Crippen LogP contribution in [0.5, 0.6) is 0 Å². The molecule has 0 saturated heterocycles. The average molecular weight is 423 g/mol. The molecule has 166 valence electrons. The smallest absolute Gasteiger partial charge is 0.0201 e. The molecule has 0 bridgehead atoms. The van der Waals surface area contributed by atoms with Crippen molar-refractivity contribution in [2.45, 2.75) is 72.1 Å². The summed E-state index contributed by atoms with van der Waals surface area (Å²) in [6.45, 7) is 20.5. The third-order valence-corrected chi connectivity index (χ3v) is 7.37. The van der Waals surface area contributed by atoms with Crippen LogP contribution in [-0.4, -0.2) is 0 Å². The van der Waals surface area contributed by atoms with E-state index < -0.39 is 0 Å². The quantitative estimate of drug-likeness (QED) is 0.428. The van der Waals surface area contributed by atoms with Gasteiger partial charge in [0.05, 0.1) is 0 Å². The molecule has 1 aromatic rings. The lowest BCUT2D eigenvalue weighted by atomic mass is 9.69. The minimum atomic E-state index is 0.311. The average Bonchev–Trinajstić information content (AvgIpc) is 3.30. The van der Waals surface area contributed by atoms with E-state index in [1.54, 1.807) is 0 Å². The molecule has 0 heteroatoms. The van der Waals surface area contributed by atoms with Crippen molar-refractivity contribution in [3.8, 4) is 0 Å². The first-order valence-corrected chi connectivity index (χ1v) is 12.3. The minimum absolute atomic E-state index is 0.311. The Morgan fingerprint density at radius 1 is 1.06 bits per heavy atom. The fraction of sp³-hybridized carbons (Fsp3) is 0.375. The molecule has 0 nitrogen and oxygen atoms in total. The summed E-state index contributed by atoms with van der Waals surface area (Å²) in [4.78, 5) is 0. The van der Waals surface area contributed by atoms with E-state index in [-0.39, 0.29) is 0 Å². The molecule has 0 heterocycles. The van der Waals surface area contributed by atoms with Crippen molar-refractivity contribution in [1.82, 2.24) is 0 Å². The maximum Gasteiger partial charge on any atom is 0.0201 e. The van der Waals surface area contributed by atoms with E-state index in [0.717, 1.165) is 25.7 Å². The highest BCUT2D eigenvalue weighted by atomic mass is 14.4. The van der Waals surface area contributed by atoms with Crippen LogP contribution in [0.15, 0.2) is 106 Å². The fourth-order valence-electron chi connectivity index (χ4n) is 5.73. The Labute approximate surface area is 195 Å². The summed E-state index contributed by atoms with van der Waals surface area (Å²) in [5.41, 5.74) is 14.0. The van der Waals surface area contributed by atoms with Crippen molar-refractivity contribution in [1.29, 1.82) is 0 Å². The lowest BCUT2D eigenvalue weighted by Crippen LogP contribution is -2.21. The monoisotopic (exact) mass is 422 g/mol. The molecular formula is C32H38. The first-order chi connectivity index (χ1) is 15.3. The zero-order chi connectivity index (χ0) is 23.0. The van der Waals surface area contributed by atoms with Gasteiger partial charge in [0.15, 0.2) is 0 Å². The molecule has 4 rings (SSSR count). The van der Waals surface area contributed by atoms with Gasteiger partial charge in [-0.05, 0) is 78.0 Å². The predicted molar refractivity (Wildman–Crippen MR) is 140 cm³/mol. The molecule has 2 unspecified atom stereocenters. The van der Waals surface area contributed by atoms with E-state index in [0.29, 0.717) is 17.8 Å². The number of benzene rings is 1. The van der Waals surface area contributed by atoms with E-state index in [9.17, 15) is 0 Å². The van der Waals surface area contributed by atoms with Gasteiger partial charge in [-0.3, -0.25) is 0 Å². The normalized spacial score (nSPS) is 24.1. The molecule has 3 aliphatic carbocycles.